The Bertz CT molecular complexity index is 1420. The Labute approximate surface area is 233 Å². The lowest BCUT2D eigenvalue weighted by Gasteiger charge is -2.36. The van der Waals surface area contributed by atoms with Crippen LogP contribution in [-0.4, -0.2) is 67.3 Å². The van der Waals surface area contributed by atoms with Crippen molar-refractivity contribution in [2.75, 3.05) is 66.4 Å². The molecule has 39 heavy (non-hydrogen) atoms. The standard InChI is InChI=1S/C29H32ClN7O2/c1-20-5-6-21(17-30)15-25(20)37-19-22-18-31-28-32-23-7-8-24(35-12-10-34(2)11-13-35)26(16-23)39-14-4-3-9-36(29(37)38)27(22)33-28/h3-8,15-16,18H,9-14,17,19H2,1-2H3,(H,31,32,33)/b4-3+. The third kappa shape index (κ3) is 5.12. The predicted octanol–water partition coefficient (Wildman–Crippen LogP) is 4.91. The van der Waals surface area contributed by atoms with E-state index >= 15 is 0 Å². The van der Waals surface area contributed by atoms with Gasteiger partial charge in [0.1, 0.15) is 18.2 Å². The van der Waals surface area contributed by atoms with Crippen LogP contribution >= 0.6 is 11.6 Å². The first-order chi connectivity index (χ1) is 19.0. The Morgan fingerprint density at radius 1 is 1.03 bits per heavy atom. The molecule has 10 heteroatoms. The minimum atomic E-state index is -0.139. The normalized spacial score (nSPS) is 18.4. The third-order valence-corrected chi connectivity index (χ3v) is 7.76. The maximum Gasteiger partial charge on any atom is 0.330 e. The van der Waals surface area contributed by atoms with Gasteiger partial charge in [-0.3, -0.25) is 9.80 Å². The van der Waals surface area contributed by atoms with Gasteiger partial charge in [-0.2, -0.15) is 4.98 Å². The number of likely N-dealkylation sites (N-methyl/N-ethyl adjacent to an activating group) is 1. The minimum Gasteiger partial charge on any atom is -0.487 e. The van der Waals surface area contributed by atoms with Gasteiger partial charge in [0.25, 0.3) is 0 Å². The molecule has 3 aliphatic rings. The molecule has 1 N–H and O–H groups in total. The van der Waals surface area contributed by atoms with E-state index in [2.05, 4.69) is 33.2 Å². The SMILES string of the molecule is Cc1ccc(CCl)cc1N1Cc2cnc3nc2N(C/C=C/COc2cc(ccc2N2CCN(C)CC2)N3)C1=O. The highest BCUT2D eigenvalue weighted by atomic mass is 35.5. The Morgan fingerprint density at radius 3 is 2.69 bits per heavy atom. The third-order valence-electron chi connectivity index (χ3n) is 7.46. The molecule has 0 atom stereocenters. The molecule has 202 valence electrons. The zero-order valence-electron chi connectivity index (χ0n) is 22.2. The largest absolute Gasteiger partial charge is 0.487 e. The Morgan fingerprint density at radius 2 is 1.87 bits per heavy atom. The lowest BCUT2D eigenvalue weighted by Crippen LogP contribution is -2.48. The molecule has 3 aliphatic heterocycles. The van der Waals surface area contributed by atoms with Crippen molar-refractivity contribution in [2.45, 2.75) is 19.3 Å². The number of alkyl halides is 1. The zero-order valence-corrected chi connectivity index (χ0v) is 23.0. The van der Waals surface area contributed by atoms with Crippen LogP contribution in [0, 0.1) is 6.92 Å². The van der Waals surface area contributed by atoms with Crippen LogP contribution in [0.5, 0.6) is 5.75 Å². The molecule has 0 unspecified atom stereocenters. The molecule has 0 saturated carbocycles. The number of hydrogen-bond donors (Lipinski definition) is 1. The number of urea groups is 1. The van der Waals surface area contributed by atoms with Crippen LogP contribution in [0.25, 0.3) is 0 Å². The number of aryl methyl sites for hydroxylation is 1. The predicted molar refractivity (Wildman–Crippen MR) is 156 cm³/mol. The summed E-state index contributed by atoms with van der Waals surface area (Å²) in [4.78, 5) is 31.4. The lowest BCUT2D eigenvalue weighted by molar-refractivity contribution is 0.250. The number of anilines is 5. The summed E-state index contributed by atoms with van der Waals surface area (Å²) >= 11 is 6.11. The summed E-state index contributed by atoms with van der Waals surface area (Å²) < 4.78 is 6.25. The quantitative estimate of drug-likeness (QED) is 0.370. The second-order valence-corrected chi connectivity index (χ2v) is 10.4. The number of halogens is 1. The van der Waals surface area contributed by atoms with Gasteiger partial charge in [0.2, 0.25) is 5.95 Å². The van der Waals surface area contributed by atoms with Crippen molar-refractivity contribution in [3.63, 3.8) is 0 Å². The fourth-order valence-electron chi connectivity index (χ4n) is 5.19. The van der Waals surface area contributed by atoms with Gasteiger partial charge < -0.3 is 19.9 Å². The number of nitrogens with one attached hydrogen (secondary N) is 1. The number of hydrogen-bond acceptors (Lipinski definition) is 7. The van der Waals surface area contributed by atoms with Crippen LogP contribution < -0.4 is 24.8 Å². The number of benzene rings is 2. The maximum atomic E-state index is 13.8. The van der Waals surface area contributed by atoms with Gasteiger partial charge >= 0.3 is 6.03 Å². The lowest BCUT2D eigenvalue weighted by atomic mass is 10.1. The van der Waals surface area contributed by atoms with E-state index in [1.807, 2.05) is 49.4 Å². The van der Waals surface area contributed by atoms with Crippen LogP contribution in [0.15, 0.2) is 54.7 Å². The highest BCUT2D eigenvalue weighted by Gasteiger charge is 2.33. The van der Waals surface area contributed by atoms with Crippen molar-refractivity contribution < 1.29 is 9.53 Å². The monoisotopic (exact) mass is 545 g/mol. The number of fused-ring (bicyclic) bond motifs is 3. The second-order valence-electron chi connectivity index (χ2n) is 10.2. The summed E-state index contributed by atoms with van der Waals surface area (Å²) in [6, 6.07) is 11.9. The minimum absolute atomic E-state index is 0.139. The highest BCUT2D eigenvalue weighted by Crippen LogP contribution is 2.36. The summed E-state index contributed by atoms with van der Waals surface area (Å²) in [5.41, 5.74) is 5.59. The first-order valence-corrected chi connectivity index (χ1v) is 13.8. The molecule has 3 aromatic rings. The van der Waals surface area contributed by atoms with E-state index in [0.29, 0.717) is 37.3 Å². The smallest absolute Gasteiger partial charge is 0.330 e. The van der Waals surface area contributed by atoms with Crippen molar-refractivity contribution in [3.8, 4) is 5.75 Å². The number of aromatic nitrogens is 2. The number of ether oxygens (including phenoxy) is 1. The summed E-state index contributed by atoms with van der Waals surface area (Å²) in [6.45, 7) is 7.06. The molecule has 0 spiro atoms. The van der Waals surface area contributed by atoms with E-state index in [0.717, 1.165) is 65.7 Å². The van der Waals surface area contributed by atoms with Gasteiger partial charge in [0.15, 0.2) is 0 Å². The molecule has 1 fully saturated rings. The summed E-state index contributed by atoms with van der Waals surface area (Å²) in [7, 11) is 2.15. The van der Waals surface area contributed by atoms with Gasteiger partial charge in [0, 0.05) is 67.8 Å². The Kier molecular flexibility index (Phi) is 7.01. The molecule has 1 aromatic heterocycles. The number of piperazine rings is 1. The van der Waals surface area contributed by atoms with Crippen LogP contribution in [0.2, 0.25) is 0 Å². The average Bonchev–Trinajstić information content (AvgIpc) is 2.95. The topological polar surface area (TPSA) is 77.1 Å². The highest BCUT2D eigenvalue weighted by molar-refractivity contribution is 6.17. The van der Waals surface area contributed by atoms with Crippen molar-refractivity contribution in [1.82, 2.24) is 14.9 Å². The summed E-state index contributed by atoms with van der Waals surface area (Å²) in [5, 5.41) is 3.32. The maximum absolute atomic E-state index is 13.8. The molecule has 1 saturated heterocycles. The number of rotatable bonds is 3. The molecule has 0 aliphatic carbocycles. The van der Waals surface area contributed by atoms with E-state index in [1.54, 1.807) is 16.0 Å². The molecular weight excluding hydrogens is 514 g/mol. The van der Waals surface area contributed by atoms with E-state index < -0.39 is 0 Å². The summed E-state index contributed by atoms with van der Waals surface area (Å²) in [5.74, 6) is 2.23. The van der Waals surface area contributed by atoms with Crippen LogP contribution in [0.1, 0.15) is 16.7 Å². The van der Waals surface area contributed by atoms with Gasteiger partial charge in [-0.05, 0) is 49.4 Å². The van der Waals surface area contributed by atoms with Crippen LogP contribution in [-0.2, 0) is 12.4 Å². The van der Waals surface area contributed by atoms with E-state index in [1.165, 1.54) is 0 Å². The first kappa shape index (κ1) is 25.5. The fraction of sp³-hybridized carbons (Fsp3) is 0.345. The number of carbonyl (C=O) groups is 1. The number of carbonyl (C=O) groups excluding carboxylic acids is 1. The molecule has 6 rings (SSSR count). The number of nitrogens with zero attached hydrogens (tertiary/aromatic N) is 6. The summed E-state index contributed by atoms with van der Waals surface area (Å²) in [6.07, 6.45) is 5.72. The molecule has 0 radical (unpaired) electrons. The first-order valence-electron chi connectivity index (χ1n) is 13.2. The van der Waals surface area contributed by atoms with Crippen LogP contribution in [0.4, 0.5) is 33.6 Å². The molecule has 4 heterocycles. The molecule has 2 amide bonds. The fourth-order valence-corrected chi connectivity index (χ4v) is 5.36. The molecule has 4 bridgehead atoms. The molecular formula is C29H32ClN7O2. The van der Waals surface area contributed by atoms with Crippen LogP contribution in [0.3, 0.4) is 0 Å². The van der Waals surface area contributed by atoms with Crippen molar-refractivity contribution in [3.05, 3.63) is 71.4 Å². The van der Waals surface area contributed by atoms with E-state index in [9.17, 15) is 4.79 Å². The van der Waals surface area contributed by atoms with E-state index in [-0.39, 0.29) is 6.03 Å². The molecule has 9 nitrogen and oxygen atoms in total. The molecule has 2 aromatic carbocycles. The van der Waals surface area contributed by atoms with Gasteiger partial charge in [-0.1, -0.05) is 18.2 Å². The zero-order chi connectivity index (χ0) is 26.9. The van der Waals surface area contributed by atoms with E-state index in [4.69, 9.17) is 21.3 Å². The Hall–Kier alpha value is -3.82. The van der Waals surface area contributed by atoms with Crippen molar-refractivity contribution in [2.24, 2.45) is 0 Å². The average molecular weight is 546 g/mol. The van der Waals surface area contributed by atoms with Gasteiger partial charge in [0.05, 0.1) is 12.2 Å². The van der Waals surface area contributed by atoms with Gasteiger partial charge in [-0.25, -0.2) is 9.78 Å². The van der Waals surface area contributed by atoms with Crippen molar-refractivity contribution in [1.29, 1.82) is 0 Å². The Balaban J connectivity index is 1.33. The second kappa shape index (κ2) is 10.7. The number of amides is 2. The van der Waals surface area contributed by atoms with Crippen molar-refractivity contribution >= 4 is 46.5 Å². The van der Waals surface area contributed by atoms with Gasteiger partial charge in [-0.15, -0.1) is 11.6 Å².